The fourth-order valence-electron chi connectivity index (χ4n) is 0.672. The van der Waals surface area contributed by atoms with E-state index in [1.165, 1.54) is 6.20 Å². The number of carbonyl (C=O) groups excluding carboxylic acids is 1. The molecule has 5 nitrogen and oxygen atoms in total. The quantitative estimate of drug-likeness (QED) is 0.537. The first-order valence-electron chi connectivity index (χ1n) is 3.07. The largest absolute Gasteiger partial charge is 0.404 e. The van der Waals surface area contributed by atoms with Crippen molar-refractivity contribution in [3.63, 3.8) is 0 Å². The third-order valence-electron chi connectivity index (χ3n) is 1.06. The highest BCUT2D eigenvalue weighted by atomic mass is 32.2. The van der Waals surface area contributed by atoms with Crippen LogP contribution < -0.4 is 16.8 Å². The van der Waals surface area contributed by atoms with Gasteiger partial charge in [0, 0.05) is 6.20 Å². The topological polar surface area (TPSA) is 93.5 Å². The Morgan fingerprint density at radius 1 is 1.75 bits per heavy atom. The fraction of sp³-hybridized carbons (Fsp3) is 0. The standard InChI is InChI=1S/C6H8N4OS/c1-3(8)9-5-4(2-7)12-6(11)10-5/h2H,1,7-8H2,(H,9,10,11)/b4-2+. The van der Waals surface area contributed by atoms with E-state index < -0.39 is 0 Å². The molecule has 0 spiro atoms. The first-order valence-corrected chi connectivity index (χ1v) is 3.89. The van der Waals surface area contributed by atoms with E-state index in [0.717, 1.165) is 11.8 Å². The van der Waals surface area contributed by atoms with Crippen molar-refractivity contribution in [1.82, 2.24) is 5.32 Å². The molecule has 1 aliphatic rings. The first kappa shape index (κ1) is 8.66. The minimum atomic E-state index is -0.216. The molecule has 0 unspecified atom stereocenters. The Labute approximate surface area is 73.6 Å². The first-order chi connectivity index (χ1) is 5.63. The number of aliphatic imine (C=N–C) groups is 1. The van der Waals surface area contributed by atoms with Crippen LogP contribution in [-0.2, 0) is 0 Å². The molecule has 1 saturated heterocycles. The van der Waals surface area contributed by atoms with Crippen LogP contribution in [0.2, 0.25) is 0 Å². The van der Waals surface area contributed by atoms with Crippen LogP contribution in [0.15, 0.2) is 28.5 Å². The highest BCUT2D eigenvalue weighted by molar-refractivity contribution is 8.18. The van der Waals surface area contributed by atoms with Crippen molar-refractivity contribution in [2.24, 2.45) is 16.5 Å². The lowest BCUT2D eigenvalue weighted by Crippen LogP contribution is -2.20. The van der Waals surface area contributed by atoms with Gasteiger partial charge in [-0.05, 0) is 11.8 Å². The highest BCUT2D eigenvalue weighted by Gasteiger charge is 2.22. The van der Waals surface area contributed by atoms with E-state index in [9.17, 15) is 4.79 Å². The summed E-state index contributed by atoms with van der Waals surface area (Å²) in [7, 11) is 0. The lowest BCUT2D eigenvalue weighted by atomic mass is 10.5. The average molecular weight is 184 g/mol. The van der Waals surface area contributed by atoms with Crippen LogP contribution in [-0.4, -0.2) is 11.1 Å². The number of nitrogens with two attached hydrogens (primary N) is 2. The molecule has 0 saturated carbocycles. The zero-order chi connectivity index (χ0) is 9.14. The summed E-state index contributed by atoms with van der Waals surface area (Å²) in [5.41, 5.74) is 10.5. The van der Waals surface area contributed by atoms with Gasteiger partial charge in [-0.15, -0.1) is 0 Å². The molecule has 0 atom stereocenters. The van der Waals surface area contributed by atoms with E-state index in [-0.39, 0.29) is 11.1 Å². The number of rotatable bonds is 1. The molecule has 1 aliphatic heterocycles. The third kappa shape index (κ3) is 1.79. The Balaban J connectivity index is 2.92. The van der Waals surface area contributed by atoms with Gasteiger partial charge in [0.25, 0.3) is 5.24 Å². The second kappa shape index (κ2) is 3.31. The molecule has 0 radical (unpaired) electrons. The zero-order valence-corrected chi connectivity index (χ0v) is 7.02. The van der Waals surface area contributed by atoms with E-state index in [0.29, 0.717) is 10.7 Å². The number of hydrogen-bond acceptors (Lipinski definition) is 5. The predicted molar refractivity (Wildman–Crippen MR) is 49.2 cm³/mol. The Bertz CT molecular complexity index is 294. The predicted octanol–water partition coefficient (Wildman–Crippen LogP) is 0.0713. The molecule has 64 valence electrons. The van der Waals surface area contributed by atoms with Crippen LogP contribution in [0.25, 0.3) is 0 Å². The SMILES string of the molecule is C=C(N)/N=C1/NC(=O)S/C1=C/N. The molecule has 0 aliphatic carbocycles. The van der Waals surface area contributed by atoms with E-state index >= 15 is 0 Å². The summed E-state index contributed by atoms with van der Waals surface area (Å²) in [5, 5.41) is 2.26. The molecule has 12 heavy (non-hydrogen) atoms. The van der Waals surface area contributed by atoms with Crippen molar-refractivity contribution in [3.8, 4) is 0 Å². The lowest BCUT2D eigenvalue weighted by molar-refractivity contribution is 0.265. The van der Waals surface area contributed by atoms with Crippen LogP contribution in [0.5, 0.6) is 0 Å². The van der Waals surface area contributed by atoms with Gasteiger partial charge in [-0.25, -0.2) is 4.99 Å². The molecule has 5 N–H and O–H groups in total. The second-order valence-electron chi connectivity index (χ2n) is 2.00. The van der Waals surface area contributed by atoms with Crippen LogP contribution in [0.4, 0.5) is 4.79 Å². The molecular weight excluding hydrogens is 176 g/mol. The van der Waals surface area contributed by atoms with Gasteiger partial charge in [-0.3, -0.25) is 4.79 Å². The van der Waals surface area contributed by atoms with Gasteiger partial charge in [-0.1, -0.05) is 6.58 Å². The highest BCUT2D eigenvalue weighted by Crippen LogP contribution is 2.22. The van der Waals surface area contributed by atoms with Gasteiger partial charge < -0.3 is 16.8 Å². The van der Waals surface area contributed by atoms with E-state index in [1.54, 1.807) is 0 Å². The summed E-state index contributed by atoms with van der Waals surface area (Å²) < 4.78 is 0. The molecular formula is C6H8N4OS. The molecule has 0 aromatic rings. The zero-order valence-electron chi connectivity index (χ0n) is 6.20. The van der Waals surface area contributed by atoms with E-state index in [4.69, 9.17) is 11.5 Å². The molecule has 0 aromatic heterocycles. The van der Waals surface area contributed by atoms with Gasteiger partial charge in [0.1, 0.15) is 5.82 Å². The number of amidine groups is 1. The van der Waals surface area contributed by atoms with Crippen LogP contribution >= 0.6 is 11.8 Å². The van der Waals surface area contributed by atoms with Gasteiger partial charge in [0.05, 0.1) is 4.91 Å². The minimum absolute atomic E-state index is 0.132. The fourth-order valence-corrected chi connectivity index (χ4v) is 1.28. The van der Waals surface area contributed by atoms with Gasteiger partial charge in [0.2, 0.25) is 0 Å². The maximum absolute atomic E-state index is 10.8. The number of nitrogens with one attached hydrogen (secondary N) is 1. The second-order valence-corrected chi connectivity index (χ2v) is 3.01. The van der Waals surface area contributed by atoms with Crippen molar-refractivity contribution in [1.29, 1.82) is 0 Å². The summed E-state index contributed by atoms with van der Waals surface area (Å²) >= 11 is 0.974. The van der Waals surface area contributed by atoms with Crippen molar-refractivity contribution >= 4 is 22.8 Å². The monoisotopic (exact) mass is 184 g/mol. The summed E-state index contributed by atoms with van der Waals surface area (Å²) in [6, 6.07) is 0. The van der Waals surface area contributed by atoms with Crippen molar-refractivity contribution in [2.45, 2.75) is 0 Å². The maximum atomic E-state index is 10.8. The molecule has 1 fully saturated rings. The Morgan fingerprint density at radius 3 is 2.92 bits per heavy atom. The summed E-state index contributed by atoms with van der Waals surface area (Å²) in [4.78, 5) is 15.1. The van der Waals surface area contributed by atoms with E-state index in [2.05, 4.69) is 16.9 Å². The normalized spacial score (nSPS) is 23.2. The molecule has 1 rings (SSSR count). The number of carbonyl (C=O) groups is 1. The van der Waals surface area contributed by atoms with Crippen LogP contribution in [0.3, 0.4) is 0 Å². The van der Waals surface area contributed by atoms with Crippen LogP contribution in [0, 0.1) is 0 Å². The van der Waals surface area contributed by atoms with Gasteiger partial charge in [0.15, 0.2) is 5.84 Å². The van der Waals surface area contributed by atoms with Gasteiger partial charge in [-0.2, -0.15) is 0 Å². The summed E-state index contributed by atoms with van der Waals surface area (Å²) in [6.45, 7) is 3.37. The smallest absolute Gasteiger partial charge is 0.289 e. The van der Waals surface area contributed by atoms with Gasteiger partial charge >= 0.3 is 0 Å². The van der Waals surface area contributed by atoms with E-state index in [1.807, 2.05) is 0 Å². The molecule has 0 aromatic carbocycles. The minimum Gasteiger partial charge on any atom is -0.404 e. The third-order valence-corrected chi connectivity index (χ3v) is 1.90. The molecule has 1 amide bonds. The number of amides is 1. The number of nitrogens with zero attached hydrogens (tertiary/aromatic N) is 1. The van der Waals surface area contributed by atoms with Crippen molar-refractivity contribution < 1.29 is 4.79 Å². The summed E-state index contributed by atoms with van der Waals surface area (Å²) in [6.07, 6.45) is 1.30. The molecule has 0 bridgehead atoms. The lowest BCUT2D eigenvalue weighted by Gasteiger charge is -1.95. The van der Waals surface area contributed by atoms with Crippen LogP contribution in [0.1, 0.15) is 0 Å². The number of thioether (sulfide) groups is 1. The maximum Gasteiger partial charge on any atom is 0.289 e. The summed E-state index contributed by atoms with van der Waals surface area (Å²) in [5.74, 6) is 0.493. The Morgan fingerprint density at radius 2 is 2.42 bits per heavy atom. The molecule has 1 heterocycles. The van der Waals surface area contributed by atoms with Crippen molar-refractivity contribution in [3.05, 3.63) is 23.5 Å². The average Bonchev–Trinajstić information content (AvgIpc) is 2.29. The van der Waals surface area contributed by atoms with Crippen molar-refractivity contribution in [2.75, 3.05) is 0 Å². The number of hydrogen-bond donors (Lipinski definition) is 3. The Kier molecular flexibility index (Phi) is 2.39. The molecule has 6 heteroatoms. The Hall–Kier alpha value is -1.43.